The summed E-state index contributed by atoms with van der Waals surface area (Å²) < 4.78 is 13.0. The third kappa shape index (κ3) is 1.57. The molecule has 5 heteroatoms. The summed E-state index contributed by atoms with van der Waals surface area (Å²) in [4.78, 5) is 6.35. The summed E-state index contributed by atoms with van der Waals surface area (Å²) in [5.41, 5.74) is -0.307. The van der Waals surface area contributed by atoms with Gasteiger partial charge in [-0.15, -0.1) is 0 Å². The van der Waals surface area contributed by atoms with Crippen molar-refractivity contribution in [3.8, 4) is 0 Å². The number of benzene rings is 1. The van der Waals surface area contributed by atoms with E-state index in [0.717, 1.165) is 30.2 Å². The highest BCUT2D eigenvalue weighted by atomic mass is 32.2. The fraction of sp³-hybridized carbons (Fsp3) is 0.462. The van der Waals surface area contributed by atoms with E-state index in [0.29, 0.717) is 0 Å². The van der Waals surface area contributed by atoms with Gasteiger partial charge in [-0.05, 0) is 18.6 Å². The molecule has 1 N–H and O–H groups in total. The Kier molecular flexibility index (Phi) is 2.83. The minimum Gasteiger partial charge on any atom is -0.366 e. The largest absolute Gasteiger partial charge is 0.366 e. The number of rotatable bonds is 2. The van der Waals surface area contributed by atoms with Crippen LogP contribution in [0.4, 0.5) is 4.39 Å². The minimum absolute atomic E-state index is 0.0435. The predicted molar refractivity (Wildman–Crippen MR) is 71.0 cm³/mol. The van der Waals surface area contributed by atoms with Crippen molar-refractivity contribution in [3.05, 3.63) is 35.6 Å². The summed E-state index contributed by atoms with van der Waals surface area (Å²) in [5, 5.41) is 12.0. The predicted octanol–water partition coefficient (Wildman–Crippen LogP) is 2.17. The number of halogens is 1. The van der Waals surface area contributed by atoms with Crippen LogP contribution in [0.15, 0.2) is 29.3 Å². The normalized spacial score (nSPS) is 30.5. The van der Waals surface area contributed by atoms with Crippen LogP contribution >= 0.6 is 11.8 Å². The maximum Gasteiger partial charge on any atom is 0.178 e. The molecule has 0 radical (unpaired) electrons. The number of aliphatic imine (C=N–C) groups is 1. The van der Waals surface area contributed by atoms with Crippen LogP contribution in [0.1, 0.15) is 18.9 Å². The van der Waals surface area contributed by atoms with Crippen LogP contribution in [-0.2, 0) is 5.72 Å². The monoisotopic (exact) mass is 266 g/mol. The highest BCUT2D eigenvalue weighted by Gasteiger charge is 2.52. The zero-order valence-corrected chi connectivity index (χ0v) is 11.0. The first-order valence-corrected chi connectivity index (χ1v) is 7.01. The van der Waals surface area contributed by atoms with Crippen molar-refractivity contribution in [1.82, 2.24) is 4.90 Å². The minimum atomic E-state index is -1.05. The van der Waals surface area contributed by atoms with E-state index in [1.807, 2.05) is 4.90 Å². The zero-order chi connectivity index (χ0) is 12.8. The summed E-state index contributed by atoms with van der Waals surface area (Å²) in [6, 6.07) is 6.13. The molecule has 0 spiro atoms. The average molecular weight is 266 g/mol. The molecule has 0 aliphatic carbocycles. The summed E-state index contributed by atoms with van der Waals surface area (Å²) >= 11 is 1.62. The summed E-state index contributed by atoms with van der Waals surface area (Å²) in [6.07, 6.45) is 0.841. The van der Waals surface area contributed by atoms with Gasteiger partial charge in [0.05, 0.1) is 11.8 Å². The zero-order valence-electron chi connectivity index (χ0n) is 10.1. The van der Waals surface area contributed by atoms with Crippen molar-refractivity contribution in [2.45, 2.75) is 24.3 Å². The van der Waals surface area contributed by atoms with Crippen LogP contribution in [0, 0.1) is 5.82 Å². The molecule has 1 saturated heterocycles. The Morgan fingerprint density at radius 2 is 2.22 bits per heavy atom. The van der Waals surface area contributed by atoms with Crippen molar-refractivity contribution in [2.24, 2.45) is 4.99 Å². The van der Waals surface area contributed by atoms with Crippen LogP contribution < -0.4 is 0 Å². The Balaban J connectivity index is 2.05. The Morgan fingerprint density at radius 3 is 2.89 bits per heavy atom. The second-order valence-electron chi connectivity index (χ2n) is 4.56. The molecule has 2 atom stereocenters. The van der Waals surface area contributed by atoms with Gasteiger partial charge in [0.1, 0.15) is 5.82 Å². The van der Waals surface area contributed by atoms with E-state index in [2.05, 4.69) is 11.9 Å². The molecule has 0 aromatic heterocycles. The lowest BCUT2D eigenvalue weighted by Crippen LogP contribution is -2.47. The lowest BCUT2D eigenvalue weighted by Gasteiger charge is -2.36. The molecule has 3 nitrogen and oxygen atoms in total. The molecule has 1 aromatic carbocycles. The van der Waals surface area contributed by atoms with E-state index in [9.17, 15) is 9.50 Å². The molecule has 2 aliphatic rings. The molecule has 2 aliphatic heterocycles. The standard InChI is InChI=1S/C13H15FN2OS/c1-2-11-13(17,9-3-5-10(14)6-4-9)16-8-7-15-12(16)18-11/h3-6,11,17H,2,7-8H2,1H3. The van der Waals surface area contributed by atoms with Crippen LogP contribution in [-0.4, -0.2) is 33.5 Å². The van der Waals surface area contributed by atoms with E-state index >= 15 is 0 Å². The molecule has 0 amide bonds. The Hall–Kier alpha value is -1.07. The number of hydrogen-bond donors (Lipinski definition) is 1. The van der Waals surface area contributed by atoms with Crippen LogP contribution in [0.25, 0.3) is 0 Å². The maximum atomic E-state index is 13.0. The Labute approximate surface area is 110 Å². The number of fused-ring (bicyclic) bond motifs is 1. The molecule has 2 heterocycles. The second-order valence-corrected chi connectivity index (χ2v) is 5.73. The van der Waals surface area contributed by atoms with Gasteiger partial charge in [0.25, 0.3) is 0 Å². The summed E-state index contributed by atoms with van der Waals surface area (Å²) in [6.45, 7) is 3.50. The van der Waals surface area contributed by atoms with Gasteiger partial charge in [0.15, 0.2) is 10.9 Å². The first-order chi connectivity index (χ1) is 8.66. The van der Waals surface area contributed by atoms with Crippen molar-refractivity contribution in [3.63, 3.8) is 0 Å². The third-order valence-electron chi connectivity index (χ3n) is 3.55. The van der Waals surface area contributed by atoms with Gasteiger partial charge >= 0.3 is 0 Å². The lowest BCUT2D eigenvalue weighted by atomic mass is 9.96. The number of nitrogens with zero attached hydrogens (tertiary/aromatic N) is 2. The number of hydrogen-bond acceptors (Lipinski definition) is 4. The van der Waals surface area contributed by atoms with Crippen molar-refractivity contribution >= 4 is 16.9 Å². The van der Waals surface area contributed by atoms with E-state index in [4.69, 9.17) is 0 Å². The highest BCUT2D eigenvalue weighted by molar-refractivity contribution is 8.14. The van der Waals surface area contributed by atoms with Gasteiger partial charge in [0.2, 0.25) is 0 Å². The maximum absolute atomic E-state index is 13.0. The molecule has 0 saturated carbocycles. The molecule has 3 rings (SSSR count). The van der Waals surface area contributed by atoms with E-state index in [1.165, 1.54) is 12.1 Å². The second kappa shape index (κ2) is 4.24. The molecular weight excluding hydrogens is 251 g/mol. The fourth-order valence-electron chi connectivity index (χ4n) is 2.63. The summed E-state index contributed by atoms with van der Waals surface area (Å²) in [7, 11) is 0. The Morgan fingerprint density at radius 1 is 1.50 bits per heavy atom. The number of amidine groups is 1. The third-order valence-corrected chi connectivity index (χ3v) is 5.06. The molecule has 0 bridgehead atoms. The molecular formula is C13H15FN2OS. The van der Waals surface area contributed by atoms with E-state index in [1.54, 1.807) is 23.9 Å². The fourth-order valence-corrected chi connectivity index (χ4v) is 4.00. The van der Waals surface area contributed by atoms with Crippen molar-refractivity contribution in [2.75, 3.05) is 13.1 Å². The van der Waals surface area contributed by atoms with Crippen molar-refractivity contribution in [1.29, 1.82) is 0 Å². The first-order valence-electron chi connectivity index (χ1n) is 6.13. The van der Waals surface area contributed by atoms with Crippen LogP contribution in [0.3, 0.4) is 0 Å². The van der Waals surface area contributed by atoms with E-state index in [-0.39, 0.29) is 11.1 Å². The molecule has 1 fully saturated rings. The molecule has 1 aromatic rings. The van der Waals surface area contributed by atoms with Gasteiger partial charge in [-0.2, -0.15) is 0 Å². The van der Waals surface area contributed by atoms with Gasteiger partial charge in [-0.1, -0.05) is 30.8 Å². The SMILES string of the molecule is CCC1SC2=NCCN2C1(O)c1ccc(F)cc1. The topological polar surface area (TPSA) is 35.8 Å². The number of thioether (sulfide) groups is 1. The number of aliphatic hydroxyl groups is 1. The Bertz CT molecular complexity index is 490. The molecule has 18 heavy (non-hydrogen) atoms. The first kappa shape index (κ1) is 12.0. The van der Waals surface area contributed by atoms with Gasteiger partial charge in [-0.3, -0.25) is 4.99 Å². The average Bonchev–Trinajstić information content (AvgIpc) is 2.93. The van der Waals surface area contributed by atoms with Gasteiger partial charge in [0, 0.05) is 12.1 Å². The van der Waals surface area contributed by atoms with Gasteiger partial charge in [-0.25, -0.2) is 4.39 Å². The van der Waals surface area contributed by atoms with Crippen LogP contribution in [0.2, 0.25) is 0 Å². The summed E-state index contributed by atoms with van der Waals surface area (Å²) in [5.74, 6) is -0.281. The van der Waals surface area contributed by atoms with E-state index < -0.39 is 5.72 Å². The quantitative estimate of drug-likeness (QED) is 0.891. The molecule has 2 unspecified atom stereocenters. The van der Waals surface area contributed by atoms with Crippen LogP contribution in [0.5, 0.6) is 0 Å². The lowest BCUT2D eigenvalue weighted by molar-refractivity contribution is -0.0664. The smallest absolute Gasteiger partial charge is 0.178 e. The molecule has 96 valence electrons. The van der Waals surface area contributed by atoms with Gasteiger partial charge < -0.3 is 10.0 Å². The highest BCUT2D eigenvalue weighted by Crippen LogP contribution is 2.47. The van der Waals surface area contributed by atoms with Crippen molar-refractivity contribution < 1.29 is 9.50 Å².